The van der Waals surface area contributed by atoms with Crippen molar-refractivity contribution in [1.82, 2.24) is 9.97 Å². The van der Waals surface area contributed by atoms with Gasteiger partial charge in [0, 0.05) is 30.5 Å². The van der Waals surface area contributed by atoms with Crippen LogP contribution in [0.2, 0.25) is 5.15 Å². The van der Waals surface area contributed by atoms with Crippen molar-refractivity contribution < 1.29 is 4.92 Å². The van der Waals surface area contributed by atoms with Crippen LogP contribution >= 0.6 is 11.6 Å². The van der Waals surface area contributed by atoms with E-state index in [1.54, 1.807) is 25.3 Å². The second-order valence-electron chi connectivity index (χ2n) is 5.01. The number of aryl methyl sites for hydroxylation is 2. The summed E-state index contributed by atoms with van der Waals surface area (Å²) in [5.74, 6) is 0.389. The molecule has 6 nitrogen and oxygen atoms in total. The highest BCUT2D eigenvalue weighted by Gasteiger charge is 2.24. The average molecular weight is 321 g/mol. The lowest BCUT2D eigenvalue weighted by Crippen LogP contribution is -2.24. The molecule has 0 aliphatic carbocycles. The fourth-order valence-electron chi connectivity index (χ4n) is 2.31. The van der Waals surface area contributed by atoms with Crippen molar-refractivity contribution in [1.29, 1.82) is 0 Å². The summed E-state index contributed by atoms with van der Waals surface area (Å²) in [6, 6.07) is 5.28. The Labute approximate surface area is 133 Å². The zero-order valence-electron chi connectivity index (χ0n) is 12.7. The molecule has 7 heteroatoms. The Morgan fingerprint density at radius 3 is 2.64 bits per heavy atom. The molecular weight excluding hydrogens is 304 g/mol. The van der Waals surface area contributed by atoms with Crippen LogP contribution in [-0.2, 0) is 6.54 Å². The summed E-state index contributed by atoms with van der Waals surface area (Å²) in [5.41, 5.74) is 2.34. The first-order valence-electron chi connectivity index (χ1n) is 6.90. The summed E-state index contributed by atoms with van der Waals surface area (Å²) in [4.78, 5) is 21.3. The van der Waals surface area contributed by atoms with Gasteiger partial charge >= 0.3 is 5.69 Å². The zero-order chi connectivity index (χ0) is 16.3. The molecule has 0 bridgehead atoms. The molecule has 0 aliphatic heterocycles. The molecule has 116 valence electrons. The number of hydrogen-bond donors (Lipinski definition) is 0. The molecule has 2 aromatic rings. The summed E-state index contributed by atoms with van der Waals surface area (Å²) in [7, 11) is 0. The Morgan fingerprint density at radius 1 is 1.36 bits per heavy atom. The van der Waals surface area contributed by atoms with Crippen LogP contribution in [0.15, 0.2) is 24.4 Å². The van der Waals surface area contributed by atoms with E-state index in [1.807, 2.05) is 24.8 Å². The number of hydrogen-bond acceptors (Lipinski definition) is 5. The van der Waals surface area contributed by atoms with E-state index in [1.165, 1.54) is 0 Å². The number of anilines is 1. The third kappa shape index (κ3) is 3.51. The molecule has 22 heavy (non-hydrogen) atoms. The smallest absolute Gasteiger partial charge is 0.314 e. The molecule has 0 saturated carbocycles. The van der Waals surface area contributed by atoms with E-state index < -0.39 is 0 Å². The first kappa shape index (κ1) is 16.2. The van der Waals surface area contributed by atoms with Crippen molar-refractivity contribution in [2.24, 2.45) is 0 Å². The summed E-state index contributed by atoms with van der Waals surface area (Å²) in [6.45, 7) is 6.58. The summed E-state index contributed by atoms with van der Waals surface area (Å²) < 4.78 is 0. The fourth-order valence-corrected chi connectivity index (χ4v) is 2.43. The van der Waals surface area contributed by atoms with Gasteiger partial charge in [0.1, 0.15) is 5.15 Å². The van der Waals surface area contributed by atoms with Gasteiger partial charge in [-0.15, -0.1) is 0 Å². The predicted molar refractivity (Wildman–Crippen MR) is 86.3 cm³/mol. The number of pyridine rings is 2. The van der Waals surface area contributed by atoms with Crippen LogP contribution < -0.4 is 4.90 Å². The van der Waals surface area contributed by atoms with Crippen molar-refractivity contribution in [2.75, 3.05) is 11.4 Å². The molecule has 0 fully saturated rings. The number of nitrogens with zero attached hydrogens (tertiary/aromatic N) is 4. The van der Waals surface area contributed by atoms with Crippen LogP contribution in [0.25, 0.3) is 0 Å². The van der Waals surface area contributed by atoms with Crippen LogP contribution in [0.4, 0.5) is 11.5 Å². The number of rotatable bonds is 5. The molecule has 0 atom stereocenters. The van der Waals surface area contributed by atoms with Gasteiger partial charge in [-0.1, -0.05) is 17.7 Å². The summed E-state index contributed by atoms with van der Waals surface area (Å²) in [6.07, 6.45) is 1.67. The Hall–Kier alpha value is -2.21. The van der Waals surface area contributed by atoms with Crippen molar-refractivity contribution in [3.63, 3.8) is 0 Å². The van der Waals surface area contributed by atoms with Gasteiger partial charge < -0.3 is 4.90 Å². The van der Waals surface area contributed by atoms with Crippen molar-refractivity contribution in [3.8, 4) is 0 Å². The Kier molecular flexibility index (Phi) is 4.92. The Bertz CT molecular complexity index is 689. The lowest BCUT2D eigenvalue weighted by molar-refractivity contribution is -0.384. The van der Waals surface area contributed by atoms with Gasteiger partial charge in [-0.2, -0.15) is 0 Å². The average Bonchev–Trinajstić information content (AvgIpc) is 2.45. The third-order valence-electron chi connectivity index (χ3n) is 3.32. The largest absolute Gasteiger partial charge is 0.347 e. The summed E-state index contributed by atoms with van der Waals surface area (Å²) in [5, 5.41) is 11.8. The zero-order valence-corrected chi connectivity index (χ0v) is 13.5. The Balaban J connectivity index is 2.42. The minimum atomic E-state index is -0.375. The highest BCUT2D eigenvalue weighted by molar-refractivity contribution is 6.29. The second-order valence-corrected chi connectivity index (χ2v) is 5.40. The highest BCUT2D eigenvalue weighted by atomic mass is 35.5. The number of halogens is 1. The van der Waals surface area contributed by atoms with Crippen LogP contribution in [0.3, 0.4) is 0 Å². The van der Waals surface area contributed by atoms with Crippen molar-refractivity contribution >= 4 is 23.1 Å². The maximum atomic E-state index is 11.4. The van der Waals surface area contributed by atoms with Gasteiger partial charge in [0.05, 0.1) is 4.92 Å². The lowest BCUT2D eigenvalue weighted by Gasteiger charge is -2.22. The first-order valence-corrected chi connectivity index (χ1v) is 7.28. The molecule has 0 amide bonds. The summed E-state index contributed by atoms with van der Waals surface area (Å²) >= 11 is 5.78. The number of aromatic nitrogens is 2. The van der Waals surface area contributed by atoms with E-state index >= 15 is 0 Å². The molecule has 0 spiro atoms. The molecule has 0 radical (unpaired) electrons. The highest BCUT2D eigenvalue weighted by Crippen LogP contribution is 2.31. The van der Waals surface area contributed by atoms with Gasteiger partial charge in [0.15, 0.2) is 0 Å². The van der Waals surface area contributed by atoms with Crippen molar-refractivity contribution in [3.05, 3.63) is 56.5 Å². The lowest BCUT2D eigenvalue weighted by atomic mass is 10.2. The monoisotopic (exact) mass is 320 g/mol. The molecule has 2 rings (SSSR count). The minimum Gasteiger partial charge on any atom is -0.347 e. The molecule has 0 aromatic carbocycles. The van der Waals surface area contributed by atoms with Gasteiger partial charge in [0.25, 0.3) is 0 Å². The maximum absolute atomic E-state index is 11.4. The molecular formula is C15H17ClN4O2. The van der Waals surface area contributed by atoms with Crippen LogP contribution in [0.5, 0.6) is 0 Å². The molecule has 0 N–H and O–H groups in total. The SMILES string of the molecule is CCN(Cc1ccc(Cl)nc1)c1nc(C)cc(C)c1[N+](=O)[O-]. The van der Waals surface area contributed by atoms with Crippen LogP contribution in [0.1, 0.15) is 23.7 Å². The predicted octanol–water partition coefficient (Wildman–Crippen LogP) is 3.68. The number of nitro groups is 1. The second kappa shape index (κ2) is 6.70. The van der Waals surface area contributed by atoms with E-state index in [4.69, 9.17) is 11.6 Å². The van der Waals surface area contributed by atoms with Crippen molar-refractivity contribution in [2.45, 2.75) is 27.3 Å². The van der Waals surface area contributed by atoms with Gasteiger partial charge in [-0.25, -0.2) is 9.97 Å². The third-order valence-corrected chi connectivity index (χ3v) is 3.54. The molecule has 0 saturated heterocycles. The van der Waals surface area contributed by atoms with E-state index in [2.05, 4.69) is 9.97 Å². The fraction of sp³-hybridized carbons (Fsp3) is 0.333. The van der Waals surface area contributed by atoms with E-state index in [-0.39, 0.29) is 10.6 Å². The standard InChI is InChI=1S/C15H17ClN4O2/c1-4-19(9-12-5-6-13(16)17-8-12)15-14(20(21)22)10(2)7-11(3)18-15/h5-8H,4,9H2,1-3H3. The normalized spacial score (nSPS) is 10.5. The topological polar surface area (TPSA) is 72.2 Å². The van der Waals surface area contributed by atoms with Crippen LogP contribution in [0, 0.1) is 24.0 Å². The first-order chi connectivity index (χ1) is 10.4. The molecule has 0 aliphatic rings. The Morgan fingerprint density at radius 2 is 2.09 bits per heavy atom. The quantitative estimate of drug-likeness (QED) is 0.477. The van der Waals surface area contributed by atoms with E-state index in [9.17, 15) is 10.1 Å². The van der Waals surface area contributed by atoms with Gasteiger partial charge in [-0.3, -0.25) is 10.1 Å². The van der Waals surface area contributed by atoms with Crippen LogP contribution in [-0.4, -0.2) is 21.4 Å². The molecule has 0 unspecified atom stereocenters. The molecule has 2 aromatic heterocycles. The van der Waals surface area contributed by atoms with E-state index in [0.717, 1.165) is 11.3 Å². The maximum Gasteiger partial charge on any atom is 0.314 e. The minimum absolute atomic E-state index is 0.0503. The molecule has 2 heterocycles. The van der Waals surface area contributed by atoms with E-state index in [0.29, 0.717) is 29.6 Å². The van der Waals surface area contributed by atoms with Gasteiger partial charge in [-0.05, 0) is 38.5 Å². The van der Waals surface area contributed by atoms with Gasteiger partial charge in [0.2, 0.25) is 5.82 Å².